The fourth-order valence-corrected chi connectivity index (χ4v) is 3.11. The molecule has 3 atom stereocenters. The maximum absolute atomic E-state index is 11.5. The number of nitrogens with one attached hydrogen (secondary N) is 1. The number of carboxylic acid groups (broad SMARTS) is 1. The monoisotopic (exact) mass is 341 g/mol. The molecule has 0 amide bonds. The van der Waals surface area contributed by atoms with Crippen LogP contribution < -0.4 is 5.32 Å². The van der Waals surface area contributed by atoms with Gasteiger partial charge in [-0.3, -0.25) is 4.79 Å². The Hall–Kier alpha value is -0.910. The predicted octanol–water partition coefficient (Wildman–Crippen LogP) is 2.98. The third kappa shape index (κ3) is 4.04. The van der Waals surface area contributed by atoms with Crippen LogP contribution >= 0.6 is 15.9 Å². The SMILES string of the molecule is CC1CC(CNC(C(=O)O)c2ccccc2Br)CCO1. The molecule has 110 valence electrons. The van der Waals surface area contributed by atoms with Gasteiger partial charge < -0.3 is 15.2 Å². The first kappa shape index (κ1) is 15.5. The zero-order valence-corrected chi connectivity index (χ0v) is 13.1. The van der Waals surface area contributed by atoms with Gasteiger partial charge in [0.2, 0.25) is 0 Å². The molecule has 4 nitrogen and oxygen atoms in total. The molecule has 1 aliphatic rings. The maximum atomic E-state index is 11.5. The molecule has 2 rings (SSSR count). The highest BCUT2D eigenvalue weighted by Gasteiger charge is 2.25. The minimum Gasteiger partial charge on any atom is -0.480 e. The van der Waals surface area contributed by atoms with E-state index in [1.807, 2.05) is 24.3 Å². The average molecular weight is 342 g/mol. The standard InChI is InChI=1S/C15H20BrNO3/c1-10-8-11(6-7-20-10)9-17-14(15(18)19)12-4-2-3-5-13(12)16/h2-5,10-11,14,17H,6-9H2,1H3,(H,18,19). The summed E-state index contributed by atoms with van der Waals surface area (Å²) >= 11 is 3.42. The van der Waals surface area contributed by atoms with Crippen molar-refractivity contribution in [1.82, 2.24) is 5.32 Å². The summed E-state index contributed by atoms with van der Waals surface area (Å²) in [6.45, 7) is 3.53. The molecule has 3 unspecified atom stereocenters. The molecule has 1 heterocycles. The van der Waals surface area contributed by atoms with Crippen molar-refractivity contribution in [2.45, 2.75) is 31.9 Å². The van der Waals surface area contributed by atoms with E-state index in [0.717, 1.165) is 29.5 Å². The van der Waals surface area contributed by atoms with Crippen molar-refractivity contribution in [2.75, 3.05) is 13.2 Å². The summed E-state index contributed by atoms with van der Waals surface area (Å²) in [7, 11) is 0. The van der Waals surface area contributed by atoms with E-state index in [1.54, 1.807) is 0 Å². The maximum Gasteiger partial charge on any atom is 0.325 e. The Bertz CT molecular complexity index is 466. The Labute approximate surface area is 127 Å². The molecule has 0 spiro atoms. The second kappa shape index (κ2) is 7.20. The molecule has 0 saturated carbocycles. The van der Waals surface area contributed by atoms with Crippen LogP contribution in [0.15, 0.2) is 28.7 Å². The summed E-state index contributed by atoms with van der Waals surface area (Å²) in [6, 6.07) is 6.76. The Morgan fingerprint density at radius 1 is 1.55 bits per heavy atom. The van der Waals surface area contributed by atoms with Gasteiger partial charge in [0.25, 0.3) is 0 Å². The second-order valence-corrected chi connectivity index (χ2v) is 6.13. The lowest BCUT2D eigenvalue weighted by Gasteiger charge is -2.28. The minimum atomic E-state index is -0.850. The Morgan fingerprint density at radius 3 is 2.95 bits per heavy atom. The summed E-state index contributed by atoms with van der Waals surface area (Å²) in [4.78, 5) is 11.5. The summed E-state index contributed by atoms with van der Waals surface area (Å²) < 4.78 is 6.33. The summed E-state index contributed by atoms with van der Waals surface area (Å²) in [5.41, 5.74) is 0.764. The van der Waals surface area contributed by atoms with Gasteiger partial charge in [0.05, 0.1) is 6.10 Å². The lowest BCUT2D eigenvalue weighted by molar-refractivity contribution is -0.139. The fourth-order valence-electron chi connectivity index (χ4n) is 2.60. The van der Waals surface area contributed by atoms with Crippen LogP contribution in [-0.4, -0.2) is 30.3 Å². The number of halogens is 1. The third-order valence-corrected chi connectivity index (χ3v) is 4.39. The van der Waals surface area contributed by atoms with E-state index in [2.05, 4.69) is 28.2 Å². The fraction of sp³-hybridized carbons (Fsp3) is 0.533. The van der Waals surface area contributed by atoms with Gasteiger partial charge in [-0.2, -0.15) is 0 Å². The van der Waals surface area contributed by atoms with E-state index < -0.39 is 12.0 Å². The van der Waals surface area contributed by atoms with Crippen LogP contribution in [0.4, 0.5) is 0 Å². The van der Waals surface area contributed by atoms with Crippen molar-refractivity contribution in [3.05, 3.63) is 34.3 Å². The Kier molecular flexibility index (Phi) is 5.57. The molecule has 0 aliphatic carbocycles. The van der Waals surface area contributed by atoms with Gasteiger partial charge in [0.15, 0.2) is 0 Å². The zero-order chi connectivity index (χ0) is 14.5. The number of ether oxygens (including phenoxy) is 1. The molecule has 1 fully saturated rings. The summed E-state index contributed by atoms with van der Waals surface area (Å²) in [6.07, 6.45) is 2.23. The van der Waals surface area contributed by atoms with Gasteiger partial charge in [-0.15, -0.1) is 0 Å². The molecule has 0 radical (unpaired) electrons. The van der Waals surface area contributed by atoms with Crippen molar-refractivity contribution < 1.29 is 14.6 Å². The Morgan fingerprint density at radius 2 is 2.30 bits per heavy atom. The number of benzene rings is 1. The smallest absolute Gasteiger partial charge is 0.325 e. The highest BCUT2D eigenvalue weighted by atomic mass is 79.9. The lowest BCUT2D eigenvalue weighted by atomic mass is 9.95. The lowest BCUT2D eigenvalue weighted by Crippen LogP contribution is -2.36. The molecule has 1 saturated heterocycles. The predicted molar refractivity (Wildman–Crippen MR) is 80.7 cm³/mol. The highest BCUT2D eigenvalue weighted by molar-refractivity contribution is 9.10. The quantitative estimate of drug-likeness (QED) is 0.864. The molecule has 0 aromatic heterocycles. The van der Waals surface area contributed by atoms with Crippen molar-refractivity contribution in [3.8, 4) is 0 Å². The first-order valence-electron chi connectivity index (χ1n) is 6.90. The van der Waals surface area contributed by atoms with Crippen LogP contribution in [0.1, 0.15) is 31.4 Å². The van der Waals surface area contributed by atoms with Crippen molar-refractivity contribution in [2.24, 2.45) is 5.92 Å². The molecule has 1 aromatic rings. The number of hydrogen-bond acceptors (Lipinski definition) is 3. The second-order valence-electron chi connectivity index (χ2n) is 5.27. The Balaban J connectivity index is 2.00. The first-order chi connectivity index (χ1) is 9.58. The molecule has 1 aliphatic heterocycles. The van der Waals surface area contributed by atoms with Gasteiger partial charge in [-0.05, 0) is 43.9 Å². The van der Waals surface area contributed by atoms with Crippen LogP contribution in [0.5, 0.6) is 0 Å². The molecular formula is C15H20BrNO3. The first-order valence-corrected chi connectivity index (χ1v) is 7.69. The van der Waals surface area contributed by atoms with Crippen LogP contribution in [0.2, 0.25) is 0 Å². The van der Waals surface area contributed by atoms with Crippen molar-refractivity contribution >= 4 is 21.9 Å². The molecular weight excluding hydrogens is 322 g/mol. The largest absolute Gasteiger partial charge is 0.480 e. The van der Waals surface area contributed by atoms with Crippen LogP contribution in [0, 0.1) is 5.92 Å². The topological polar surface area (TPSA) is 58.6 Å². The van der Waals surface area contributed by atoms with Gasteiger partial charge in [0.1, 0.15) is 6.04 Å². The van der Waals surface area contributed by atoms with Crippen LogP contribution in [0.3, 0.4) is 0 Å². The number of carboxylic acids is 1. The molecule has 20 heavy (non-hydrogen) atoms. The number of aliphatic carboxylic acids is 1. The van der Waals surface area contributed by atoms with E-state index in [-0.39, 0.29) is 6.10 Å². The number of carbonyl (C=O) groups is 1. The molecule has 5 heteroatoms. The molecule has 0 bridgehead atoms. The van der Waals surface area contributed by atoms with E-state index in [0.29, 0.717) is 12.5 Å². The molecule has 2 N–H and O–H groups in total. The normalized spacial score (nSPS) is 24.3. The van der Waals surface area contributed by atoms with Gasteiger partial charge in [0, 0.05) is 11.1 Å². The zero-order valence-electron chi connectivity index (χ0n) is 11.5. The number of hydrogen-bond donors (Lipinski definition) is 2. The van der Waals surface area contributed by atoms with E-state index >= 15 is 0 Å². The molecule has 1 aromatic carbocycles. The number of rotatable bonds is 5. The van der Waals surface area contributed by atoms with Gasteiger partial charge in [-0.25, -0.2) is 0 Å². The van der Waals surface area contributed by atoms with E-state index in [4.69, 9.17) is 4.74 Å². The van der Waals surface area contributed by atoms with Crippen molar-refractivity contribution in [1.29, 1.82) is 0 Å². The van der Waals surface area contributed by atoms with Crippen LogP contribution in [0.25, 0.3) is 0 Å². The summed E-state index contributed by atoms with van der Waals surface area (Å²) in [5, 5.41) is 12.6. The van der Waals surface area contributed by atoms with E-state index in [1.165, 1.54) is 0 Å². The van der Waals surface area contributed by atoms with Gasteiger partial charge in [-0.1, -0.05) is 34.1 Å². The third-order valence-electron chi connectivity index (χ3n) is 3.67. The highest BCUT2D eigenvalue weighted by Crippen LogP contribution is 2.25. The minimum absolute atomic E-state index is 0.266. The van der Waals surface area contributed by atoms with E-state index in [9.17, 15) is 9.90 Å². The van der Waals surface area contributed by atoms with Gasteiger partial charge >= 0.3 is 5.97 Å². The van der Waals surface area contributed by atoms with Crippen molar-refractivity contribution in [3.63, 3.8) is 0 Å². The summed E-state index contributed by atoms with van der Waals surface area (Å²) in [5.74, 6) is -0.375. The average Bonchev–Trinajstić information content (AvgIpc) is 2.40. The van der Waals surface area contributed by atoms with Crippen LogP contribution in [-0.2, 0) is 9.53 Å².